The highest BCUT2D eigenvalue weighted by atomic mass is 32.2. The van der Waals surface area contributed by atoms with Crippen molar-refractivity contribution in [2.45, 2.75) is 11.8 Å². The van der Waals surface area contributed by atoms with Crippen molar-refractivity contribution in [1.29, 1.82) is 0 Å². The lowest BCUT2D eigenvalue weighted by Gasteiger charge is -2.07. The molecule has 7 heteroatoms. The van der Waals surface area contributed by atoms with Gasteiger partial charge in [-0.2, -0.15) is 0 Å². The molecule has 0 amide bonds. The number of rotatable bonds is 5. The summed E-state index contributed by atoms with van der Waals surface area (Å²) < 4.78 is 33.2. The molecule has 0 unspecified atom stereocenters. The normalized spacial score (nSPS) is 11.1. The second kappa shape index (κ2) is 6.01. The molecule has 2 rings (SSSR count). The smallest absolute Gasteiger partial charge is 0.338 e. The number of carbonyl (C=O) groups excluding carboxylic acids is 1. The van der Waals surface area contributed by atoms with Crippen LogP contribution in [0.1, 0.15) is 17.3 Å². The standard InChI is InChI=1S/C14H16N2O4S/c1-3-20-14(17)11-4-6-12(7-5-11)15-21(18,19)13-8-9-16(2)10-13/h4-10,15H,3H2,1-2H3. The summed E-state index contributed by atoms with van der Waals surface area (Å²) in [6.07, 6.45) is 3.16. The Hall–Kier alpha value is -2.28. The van der Waals surface area contributed by atoms with E-state index >= 15 is 0 Å². The molecule has 21 heavy (non-hydrogen) atoms. The minimum Gasteiger partial charge on any atom is -0.462 e. The molecule has 1 N–H and O–H groups in total. The Balaban J connectivity index is 2.15. The van der Waals surface area contributed by atoms with Crippen molar-refractivity contribution in [2.75, 3.05) is 11.3 Å². The van der Waals surface area contributed by atoms with Crippen molar-refractivity contribution in [3.8, 4) is 0 Å². The van der Waals surface area contributed by atoms with Crippen LogP contribution in [0.3, 0.4) is 0 Å². The van der Waals surface area contributed by atoms with Crippen molar-refractivity contribution < 1.29 is 17.9 Å². The Labute approximate surface area is 123 Å². The van der Waals surface area contributed by atoms with Crippen molar-refractivity contribution in [3.63, 3.8) is 0 Å². The second-order valence-corrected chi connectivity index (χ2v) is 6.10. The molecule has 6 nitrogen and oxygen atoms in total. The fraction of sp³-hybridized carbons (Fsp3) is 0.214. The summed E-state index contributed by atoms with van der Waals surface area (Å²) in [5.74, 6) is -0.435. The molecule has 0 aliphatic rings. The summed E-state index contributed by atoms with van der Waals surface area (Å²) in [4.78, 5) is 11.7. The van der Waals surface area contributed by atoms with Gasteiger partial charge in [-0.05, 0) is 37.3 Å². The highest BCUT2D eigenvalue weighted by molar-refractivity contribution is 7.92. The summed E-state index contributed by atoms with van der Waals surface area (Å²) >= 11 is 0. The summed E-state index contributed by atoms with van der Waals surface area (Å²) in [7, 11) is -1.88. The van der Waals surface area contributed by atoms with Crippen LogP contribution < -0.4 is 4.72 Å². The van der Waals surface area contributed by atoms with Crippen LogP contribution in [-0.2, 0) is 21.8 Å². The molecule has 0 bridgehead atoms. The predicted molar refractivity (Wildman–Crippen MR) is 78.6 cm³/mol. The third-order valence-corrected chi connectivity index (χ3v) is 4.13. The van der Waals surface area contributed by atoms with Crippen LogP contribution in [-0.4, -0.2) is 25.6 Å². The fourth-order valence-corrected chi connectivity index (χ4v) is 2.85. The number of benzene rings is 1. The van der Waals surface area contributed by atoms with Gasteiger partial charge in [-0.25, -0.2) is 13.2 Å². The number of aryl methyl sites for hydroxylation is 1. The van der Waals surface area contributed by atoms with Crippen molar-refractivity contribution in [2.24, 2.45) is 7.05 Å². The van der Waals surface area contributed by atoms with Crippen LogP contribution in [0.25, 0.3) is 0 Å². The molecule has 0 atom stereocenters. The lowest BCUT2D eigenvalue weighted by Crippen LogP contribution is -2.12. The van der Waals surface area contributed by atoms with E-state index in [-0.39, 0.29) is 4.90 Å². The minimum atomic E-state index is -3.62. The quantitative estimate of drug-likeness (QED) is 0.857. The van der Waals surface area contributed by atoms with Gasteiger partial charge in [0.15, 0.2) is 0 Å². The molecule has 0 spiro atoms. The third kappa shape index (κ3) is 3.63. The molecule has 0 radical (unpaired) electrons. The topological polar surface area (TPSA) is 77.4 Å². The first kappa shape index (κ1) is 15.1. The van der Waals surface area contributed by atoms with Crippen LogP contribution >= 0.6 is 0 Å². The summed E-state index contributed by atoms with van der Waals surface area (Å²) in [5, 5.41) is 0. The van der Waals surface area contributed by atoms with Crippen LogP contribution in [0.2, 0.25) is 0 Å². The van der Waals surface area contributed by atoms with Gasteiger partial charge in [0.05, 0.1) is 12.2 Å². The molecule has 1 heterocycles. The zero-order valence-corrected chi connectivity index (χ0v) is 12.6. The largest absolute Gasteiger partial charge is 0.462 e. The summed E-state index contributed by atoms with van der Waals surface area (Å²) in [5.41, 5.74) is 0.756. The monoisotopic (exact) mass is 308 g/mol. The van der Waals surface area contributed by atoms with Crippen molar-refractivity contribution in [3.05, 3.63) is 48.3 Å². The van der Waals surface area contributed by atoms with Crippen LogP contribution in [0.5, 0.6) is 0 Å². The lowest BCUT2D eigenvalue weighted by atomic mass is 10.2. The number of hydrogen-bond acceptors (Lipinski definition) is 4. The second-order valence-electron chi connectivity index (χ2n) is 4.42. The molecular formula is C14H16N2O4S. The molecule has 2 aromatic rings. The molecule has 0 saturated heterocycles. The Morgan fingerprint density at radius 2 is 1.90 bits per heavy atom. The zero-order chi connectivity index (χ0) is 15.5. The molecule has 0 aliphatic carbocycles. The number of aromatic nitrogens is 1. The van der Waals surface area contributed by atoms with Crippen LogP contribution in [0.15, 0.2) is 47.6 Å². The molecule has 1 aromatic heterocycles. The van der Waals surface area contributed by atoms with Crippen LogP contribution in [0, 0.1) is 0 Å². The molecule has 0 aliphatic heterocycles. The molecular weight excluding hydrogens is 292 g/mol. The average Bonchev–Trinajstić information content (AvgIpc) is 2.87. The Kier molecular flexibility index (Phi) is 4.32. The summed E-state index contributed by atoms with van der Waals surface area (Å²) in [6, 6.07) is 7.58. The fourth-order valence-electron chi connectivity index (χ4n) is 1.74. The minimum absolute atomic E-state index is 0.180. The Morgan fingerprint density at radius 1 is 1.24 bits per heavy atom. The first-order valence-corrected chi connectivity index (χ1v) is 7.82. The number of hydrogen-bond donors (Lipinski definition) is 1. The van der Waals surface area contributed by atoms with E-state index < -0.39 is 16.0 Å². The van der Waals surface area contributed by atoms with Crippen LogP contribution in [0.4, 0.5) is 5.69 Å². The molecule has 0 saturated carbocycles. The molecule has 0 fully saturated rings. The van der Waals surface area contributed by atoms with E-state index in [0.717, 1.165) is 0 Å². The Morgan fingerprint density at radius 3 is 2.43 bits per heavy atom. The van der Waals surface area contributed by atoms with Gasteiger partial charge in [-0.3, -0.25) is 4.72 Å². The van der Waals surface area contributed by atoms with E-state index in [1.54, 1.807) is 24.7 Å². The van der Waals surface area contributed by atoms with E-state index in [2.05, 4.69) is 4.72 Å². The van der Waals surface area contributed by atoms with Crippen molar-refractivity contribution >= 4 is 21.7 Å². The first-order chi connectivity index (χ1) is 9.92. The van der Waals surface area contributed by atoms with Gasteiger partial charge in [0.1, 0.15) is 4.90 Å². The molecule has 1 aromatic carbocycles. The molecule has 112 valence electrons. The number of sulfonamides is 1. The van der Waals surface area contributed by atoms with E-state index in [9.17, 15) is 13.2 Å². The van der Waals surface area contributed by atoms with Gasteiger partial charge < -0.3 is 9.30 Å². The van der Waals surface area contributed by atoms with E-state index in [1.165, 1.54) is 36.5 Å². The predicted octanol–water partition coefficient (Wildman–Crippen LogP) is 2.00. The Bertz CT molecular complexity index is 733. The van der Waals surface area contributed by atoms with Gasteiger partial charge >= 0.3 is 5.97 Å². The van der Waals surface area contributed by atoms with E-state index in [4.69, 9.17) is 4.74 Å². The maximum absolute atomic E-state index is 12.1. The van der Waals surface area contributed by atoms with Crippen molar-refractivity contribution in [1.82, 2.24) is 4.57 Å². The van der Waals surface area contributed by atoms with E-state index in [1.807, 2.05) is 0 Å². The summed E-state index contributed by atoms with van der Waals surface area (Å²) in [6.45, 7) is 2.02. The zero-order valence-electron chi connectivity index (χ0n) is 11.7. The lowest BCUT2D eigenvalue weighted by molar-refractivity contribution is 0.0526. The SMILES string of the molecule is CCOC(=O)c1ccc(NS(=O)(=O)c2ccn(C)c2)cc1. The maximum Gasteiger partial charge on any atom is 0.338 e. The van der Waals surface area contributed by atoms with Gasteiger partial charge in [0.25, 0.3) is 10.0 Å². The number of anilines is 1. The van der Waals surface area contributed by atoms with Gasteiger partial charge in [-0.15, -0.1) is 0 Å². The van der Waals surface area contributed by atoms with Gasteiger partial charge in [0, 0.05) is 25.1 Å². The highest BCUT2D eigenvalue weighted by Crippen LogP contribution is 2.17. The number of ether oxygens (including phenoxy) is 1. The number of carbonyl (C=O) groups is 1. The highest BCUT2D eigenvalue weighted by Gasteiger charge is 2.15. The van der Waals surface area contributed by atoms with E-state index in [0.29, 0.717) is 17.9 Å². The first-order valence-electron chi connectivity index (χ1n) is 6.34. The number of esters is 1. The number of nitrogens with zero attached hydrogens (tertiary/aromatic N) is 1. The van der Waals surface area contributed by atoms with Gasteiger partial charge in [-0.1, -0.05) is 0 Å². The maximum atomic E-state index is 12.1. The average molecular weight is 308 g/mol. The third-order valence-electron chi connectivity index (χ3n) is 2.76. The number of nitrogens with one attached hydrogen (secondary N) is 1. The van der Waals surface area contributed by atoms with Gasteiger partial charge in [0.2, 0.25) is 0 Å².